The van der Waals surface area contributed by atoms with Crippen LogP contribution < -0.4 is 9.47 Å². The molecule has 4 atom stereocenters. The molecule has 0 spiro atoms. The molecule has 1 saturated carbocycles. The summed E-state index contributed by atoms with van der Waals surface area (Å²) in [6, 6.07) is 7.79. The summed E-state index contributed by atoms with van der Waals surface area (Å²) in [5.74, 6) is -0.308. The Hall–Kier alpha value is -2.94. The number of esters is 1. The fourth-order valence-corrected chi connectivity index (χ4v) is 6.30. The maximum Gasteiger partial charge on any atom is 0.367 e. The van der Waals surface area contributed by atoms with E-state index in [1.54, 1.807) is 6.08 Å². The Morgan fingerprint density at radius 1 is 0.896 bits per heavy atom. The van der Waals surface area contributed by atoms with E-state index in [2.05, 4.69) is 24.8 Å². The first kappa shape index (κ1) is 37.9. The van der Waals surface area contributed by atoms with Crippen molar-refractivity contribution < 1.29 is 42.7 Å². The van der Waals surface area contributed by atoms with Gasteiger partial charge in [-0.15, -0.1) is 5.73 Å². The molecule has 3 aliphatic rings. The molecule has 4 rings (SSSR count). The zero-order chi connectivity index (χ0) is 33.9. The first-order valence-electron chi connectivity index (χ1n) is 18.1. The van der Waals surface area contributed by atoms with Crippen molar-refractivity contribution in [1.29, 1.82) is 0 Å². The van der Waals surface area contributed by atoms with Crippen LogP contribution >= 0.6 is 0 Å². The van der Waals surface area contributed by atoms with E-state index in [0.717, 1.165) is 63.1 Å². The van der Waals surface area contributed by atoms with E-state index in [0.29, 0.717) is 45.5 Å². The highest BCUT2D eigenvalue weighted by Gasteiger charge is 2.47. The average Bonchev–Trinajstić information content (AvgIpc) is 3.47. The molecule has 9 heteroatoms. The van der Waals surface area contributed by atoms with Crippen LogP contribution in [-0.4, -0.2) is 63.7 Å². The van der Waals surface area contributed by atoms with Crippen molar-refractivity contribution in [3.8, 4) is 11.5 Å². The summed E-state index contributed by atoms with van der Waals surface area (Å²) in [6.45, 7) is 4.65. The van der Waals surface area contributed by atoms with Gasteiger partial charge in [0.1, 0.15) is 17.3 Å². The molecule has 48 heavy (non-hydrogen) atoms. The number of ether oxygens (including phenoxy) is 7. The minimum atomic E-state index is -1.71. The highest BCUT2D eigenvalue weighted by molar-refractivity contribution is 5.83. The number of Topliss-reactive ketones (excluding diaryl/α,β-unsaturated/α-hetero) is 1. The lowest BCUT2D eigenvalue weighted by Gasteiger charge is -2.38. The Bertz CT molecular complexity index is 1150. The van der Waals surface area contributed by atoms with Gasteiger partial charge in [0, 0.05) is 32.0 Å². The zero-order valence-corrected chi connectivity index (χ0v) is 29.0. The SMILES string of the molecule is CCCCCCOc1ccc(OCC/C=C/[C@H]2CCC(=O)[C@@H]2CC=C=CCC(OC2CCCCO2)(OC2CCCCO2)C(=O)OC)cc1. The molecule has 0 amide bonds. The van der Waals surface area contributed by atoms with Crippen molar-refractivity contribution in [1.82, 2.24) is 0 Å². The summed E-state index contributed by atoms with van der Waals surface area (Å²) in [6.07, 6.45) is 19.4. The van der Waals surface area contributed by atoms with Crippen molar-refractivity contribution in [2.45, 2.75) is 122 Å². The summed E-state index contributed by atoms with van der Waals surface area (Å²) >= 11 is 0. The van der Waals surface area contributed by atoms with Crippen LogP contribution in [0.3, 0.4) is 0 Å². The van der Waals surface area contributed by atoms with Crippen molar-refractivity contribution in [3.63, 3.8) is 0 Å². The van der Waals surface area contributed by atoms with Gasteiger partial charge < -0.3 is 33.2 Å². The molecule has 0 aromatic heterocycles. The predicted molar refractivity (Wildman–Crippen MR) is 183 cm³/mol. The molecule has 2 unspecified atom stereocenters. The third-order valence-electron chi connectivity index (χ3n) is 9.08. The lowest BCUT2D eigenvalue weighted by atomic mass is 9.91. The summed E-state index contributed by atoms with van der Waals surface area (Å²) in [7, 11) is 1.32. The number of methoxy groups -OCH3 is 1. The molecule has 266 valence electrons. The Kier molecular flexibility index (Phi) is 16.7. The molecule has 1 aliphatic carbocycles. The molecule has 3 fully saturated rings. The van der Waals surface area contributed by atoms with Crippen molar-refractivity contribution in [2.75, 3.05) is 33.5 Å². The van der Waals surface area contributed by atoms with Gasteiger partial charge in [0.25, 0.3) is 5.79 Å². The number of ketones is 1. The maximum atomic E-state index is 13.1. The largest absolute Gasteiger partial charge is 0.494 e. The Morgan fingerprint density at radius 3 is 2.17 bits per heavy atom. The molecule has 0 N–H and O–H groups in total. The second kappa shape index (κ2) is 21.2. The monoisotopic (exact) mass is 668 g/mol. The molecule has 1 aromatic rings. The van der Waals surface area contributed by atoms with Gasteiger partial charge in [-0.25, -0.2) is 4.79 Å². The van der Waals surface area contributed by atoms with Crippen LogP contribution in [0.4, 0.5) is 0 Å². The van der Waals surface area contributed by atoms with Crippen LogP contribution in [0.15, 0.2) is 54.3 Å². The van der Waals surface area contributed by atoms with Crippen LogP contribution in [0.5, 0.6) is 11.5 Å². The Labute approximate surface area is 287 Å². The van der Waals surface area contributed by atoms with Crippen LogP contribution in [-0.2, 0) is 33.3 Å². The molecule has 9 nitrogen and oxygen atoms in total. The van der Waals surface area contributed by atoms with E-state index in [1.165, 1.54) is 26.4 Å². The molecule has 2 saturated heterocycles. The highest BCUT2D eigenvalue weighted by Crippen LogP contribution is 2.33. The first-order chi connectivity index (χ1) is 23.5. The lowest BCUT2D eigenvalue weighted by Crippen LogP contribution is -2.51. The zero-order valence-electron chi connectivity index (χ0n) is 29.0. The topological polar surface area (TPSA) is 98.8 Å². The summed E-state index contributed by atoms with van der Waals surface area (Å²) in [4.78, 5) is 25.9. The van der Waals surface area contributed by atoms with Gasteiger partial charge >= 0.3 is 5.97 Å². The predicted octanol–water partition coefficient (Wildman–Crippen LogP) is 8.01. The van der Waals surface area contributed by atoms with Gasteiger partial charge in [-0.1, -0.05) is 38.3 Å². The number of benzene rings is 1. The minimum Gasteiger partial charge on any atom is -0.494 e. The number of hydrogen-bond donors (Lipinski definition) is 0. The van der Waals surface area contributed by atoms with Crippen molar-refractivity contribution in [2.24, 2.45) is 11.8 Å². The summed E-state index contributed by atoms with van der Waals surface area (Å²) < 4.78 is 40.8. The standard InChI is InChI=1S/C39H56O9/c1-3-4-5-12-27-43-32-21-23-33(24-22-32)44-28-13-8-16-31-20-25-35(40)34(31)17-7-6-11-26-39(38(41)42-2,47-36-18-9-14-29-45-36)48-37-19-10-15-30-46-37/h7-8,11,16,21-24,31,34,36-37H,3-5,9-10,12-15,17-20,25-30H2,1-2H3/b16-8+/t6?,31-,34+,36?,37?,39?/m0/s1. The second-order valence-corrected chi connectivity index (χ2v) is 12.8. The number of allylic oxidation sites excluding steroid dienone is 1. The number of hydrogen-bond acceptors (Lipinski definition) is 9. The number of rotatable bonds is 20. The highest BCUT2D eigenvalue weighted by atomic mass is 16.8. The smallest absolute Gasteiger partial charge is 0.367 e. The summed E-state index contributed by atoms with van der Waals surface area (Å²) in [5, 5.41) is 0. The van der Waals surface area contributed by atoms with Gasteiger partial charge in [-0.05, 0) is 107 Å². The van der Waals surface area contributed by atoms with E-state index >= 15 is 0 Å². The molecule has 2 aliphatic heterocycles. The van der Waals surface area contributed by atoms with Gasteiger partial charge in [-0.2, -0.15) is 0 Å². The van der Waals surface area contributed by atoms with Crippen molar-refractivity contribution >= 4 is 11.8 Å². The van der Waals surface area contributed by atoms with E-state index < -0.39 is 24.3 Å². The van der Waals surface area contributed by atoms with Gasteiger partial charge in [0.05, 0.1) is 20.3 Å². The lowest BCUT2D eigenvalue weighted by molar-refractivity contribution is -0.350. The van der Waals surface area contributed by atoms with E-state index in [-0.39, 0.29) is 24.0 Å². The maximum absolute atomic E-state index is 13.1. The van der Waals surface area contributed by atoms with Gasteiger partial charge in [0.2, 0.25) is 0 Å². The van der Waals surface area contributed by atoms with Crippen molar-refractivity contribution in [3.05, 3.63) is 54.3 Å². The van der Waals surface area contributed by atoms with E-state index in [4.69, 9.17) is 33.2 Å². The number of carbonyl (C=O) groups is 2. The molecular weight excluding hydrogens is 612 g/mol. The van der Waals surface area contributed by atoms with Crippen LogP contribution in [0.25, 0.3) is 0 Å². The first-order valence-corrected chi connectivity index (χ1v) is 18.1. The third-order valence-corrected chi connectivity index (χ3v) is 9.08. The molecule has 0 radical (unpaired) electrons. The normalized spacial score (nSPS) is 24.1. The molecular formula is C39H56O9. The summed E-state index contributed by atoms with van der Waals surface area (Å²) in [5.41, 5.74) is 3.18. The Morgan fingerprint density at radius 2 is 1.56 bits per heavy atom. The van der Waals surface area contributed by atoms with Gasteiger partial charge in [-0.3, -0.25) is 4.79 Å². The minimum absolute atomic E-state index is 0.0760. The molecule has 2 heterocycles. The number of carbonyl (C=O) groups excluding carboxylic acids is 2. The average molecular weight is 669 g/mol. The number of unbranched alkanes of at least 4 members (excludes halogenated alkanes) is 3. The van der Waals surface area contributed by atoms with Gasteiger partial charge in [0.15, 0.2) is 12.6 Å². The quantitative estimate of drug-likeness (QED) is 0.0450. The fraction of sp³-hybridized carbons (Fsp3) is 0.667. The molecule has 0 bridgehead atoms. The fourth-order valence-electron chi connectivity index (χ4n) is 6.30. The second-order valence-electron chi connectivity index (χ2n) is 12.8. The van der Waals surface area contributed by atoms with E-state index in [9.17, 15) is 9.59 Å². The van der Waals surface area contributed by atoms with Crippen LogP contribution in [0.2, 0.25) is 0 Å². The third kappa shape index (κ3) is 12.5. The Balaban J connectivity index is 1.26. The van der Waals surface area contributed by atoms with Crippen LogP contribution in [0.1, 0.15) is 103 Å². The van der Waals surface area contributed by atoms with Crippen LogP contribution in [0, 0.1) is 11.8 Å². The molecule has 1 aromatic carbocycles. The van der Waals surface area contributed by atoms with E-state index in [1.807, 2.05) is 30.3 Å².